The predicted molar refractivity (Wildman–Crippen MR) is 81.7 cm³/mol. The van der Waals surface area contributed by atoms with Gasteiger partial charge in [-0.2, -0.15) is 27.9 Å². The highest BCUT2D eigenvalue weighted by Gasteiger charge is 2.38. The first-order valence-corrected chi connectivity index (χ1v) is 7.72. The van der Waals surface area contributed by atoms with Crippen molar-refractivity contribution in [3.05, 3.63) is 41.3 Å². The lowest BCUT2D eigenvalue weighted by Gasteiger charge is -2.01. The highest BCUT2D eigenvalue weighted by atomic mass is 35.5. The molecule has 0 aliphatic heterocycles. The Hall–Kier alpha value is -2.46. The number of hydrogen-bond acceptors (Lipinski definition) is 5. The van der Waals surface area contributed by atoms with E-state index in [1.54, 1.807) is 24.3 Å². The lowest BCUT2D eigenvalue weighted by molar-refractivity contribution is -0.146. The highest BCUT2D eigenvalue weighted by molar-refractivity contribution is 7.19. The molecule has 0 bridgehead atoms. The van der Waals surface area contributed by atoms with Gasteiger partial charge in [0.15, 0.2) is 5.01 Å². The molecule has 0 spiro atoms. The van der Waals surface area contributed by atoms with E-state index < -0.39 is 12.0 Å². The number of fused-ring (bicyclic) bond motifs is 1. The number of aromatic amines is 1. The molecule has 4 rings (SSSR count). The van der Waals surface area contributed by atoms with Gasteiger partial charge in [0.05, 0.1) is 17.5 Å². The summed E-state index contributed by atoms with van der Waals surface area (Å²) < 4.78 is 39.4. The fourth-order valence-electron chi connectivity index (χ4n) is 2.19. The number of alkyl halides is 3. The van der Waals surface area contributed by atoms with Gasteiger partial charge in [0.25, 0.3) is 5.82 Å². The molecule has 1 aromatic carbocycles. The van der Waals surface area contributed by atoms with Crippen LogP contribution in [0.15, 0.2) is 30.5 Å². The zero-order chi connectivity index (χ0) is 16.9. The summed E-state index contributed by atoms with van der Waals surface area (Å²) in [4.78, 5) is 0.0561. The Morgan fingerprint density at radius 2 is 1.88 bits per heavy atom. The largest absolute Gasteiger partial charge is 0.453 e. The van der Waals surface area contributed by atoms with E-state index in [-0.39, 0.29) is 4.96 Å². The number of nitrogens with one attached hydrogen (secondary N) is 1. The first-order chi connectivity index (χ1) is 11.4. The number of halogens is 4. The van der Waals surface area contributed by atoms with Crippen LogP contribution in [0.2, 0.25) is 5.02 Å². The van der Waals surface area contributed by atoms with E-state index in [0.717, 1.165) is 16.9 Å². The Kier molecular flexibility index (Phi) is 3.32. The minimum atomic E-state index is -4.62. The van der Waals surface area contributed by atoms with Crippen LogP contribution in [0.3, 0.4) is 0 Å². The van der Waals surface area contributed by atoms with Crippen LogP contribution in [-0.2, 0) is 6.18 Å². The van der Waals surface area contributed by atoms with Gasteiger partial charge < -0.3 is 0 Å². The molecule has 11 heteroatoms. The molecule has 24 heavy (non-hydrogen) atoms. The van der Waals surface area contributed by atoms with Gasteiger partial charge in [0.2, 0.25) is 4.96 Å². The third-order valence-corrected chi connectivity index (χ3v) is 4.43. The molecule has 0 aliphatic carbocycles. The van der Waals surface area contributed by atoms with Crippen LogP contribution in [0, 0.1) is 0 Å². The molecule has 3 heterocycles. The first-order valence-electron chi connectivity index (χ1n) is 6.52. The van der Waals surface area contributed by atoms with Crippen LogP contribution in [0.25, 0.3) is 26.8 Å². The first kappa shape index (κ1) is 15.1. The Balaban J connectivity index is 1.83. The molecule has 1 N–H and O–H groups in total. The normalized spacial score (nSPS) is 12.2. The van der Waals surface area contributed by atoms with Crippen LogP contribution in [0.4, 0.5) is 13.2 Å². The lowest BCUT2D eigenvalue weighted by atomic mass is 10.1. The number of H-pyrrole nitrogens is 1. The minimum absolute atomic E-state index is 0.0561. The van der Waals surface area contributed by atoms with Crippen molar-refractivity contribution in [2.75, 3.05) is 0 Å². The Morgan fingerprint density at radius 3 is 2.58 bits per heavy atom. The molecule has 0 fully saturated rings. The standard InChI is InChI=1S/C13H6ClF3N6S/c14-7-3-1-6(2-4-7)9-8(5-18-19-9)10-22-23-11(13(15,16)17)20-21-12(23)24-10/h1-5H,(H,18,19). The van der Waals surface area contributed by atoms with E-state index in [4.69, 9.17) is 11.6 Å². The van der Waals surface area contributed by atoms with E-state index in [2.05, 4.69) is 25.5 Å². The van der Waals surface area contributed by atoms with Crippen molar-refractivity contribution in [2.45, 2.75) is 6.18 Å². The number of benzene rings is 1. The summed E-state index contributed by atoms with van der Waals surface area (Å²) in [7, 11) is 0. The van der Waals surface area contributed by atoms with Gasteiger partial charge in [0, 0.05) is 10.6 Å². The second kappa shape index (κ2) is 5.28. The molecule has 3 aromatic heterocycles. The van der Waals surface area contributed by atoms with E-state index in [9.17, 15) is 13.2 Å². The van der Waals surface area contributed by atoms with Crippen LogP contribution < -0.4 is 0 Å². The monoisotopic (exact) mass is 370 g/mol. The molecular formula is C13H6ClF3N6S. The van der Waals surface area contributed by atoms with E-state index in [1.807, 2.05) is 0 Å². The Morgan fingerprint density at radius 1 is 1.12 bits per heavy atom. The molecule has 6 nitrogen and oxygen atoms in total. The average Bonchev–Trinajstić information content (AvgIpc) is 3.20. The number of nitrogens with zero attached hydrogens (tertiary/aromatic N) is 5. The molecule has 0 saturated carbocycles. The van der Waals surface area contributed by atoms with Crippen molar-refractivity contribution in [1.82, 2.24) is 30.0 Å². The maximum atomic E-state index is 12.9. The maximum absolute atomic E-state index is 12.9. The quantitative estimate of drug-likeness (QED) is 0.580. The molecule has 0 saturated heterocycles. The van der Waals surface area contributed by atoms with Crippen molar-refractivity contribution in [2.24, 2.45) is 0 Å². The van der Waals surface area contributed by atoms with E-state index >= 15 is 0 Å². The van der Waals surface area contributed by atoms with Gasteiger partial charge in [-0.1, -0.05) is 35.1 Å². The van der Waals surface area contributed by atoms with Crippen molar-refractivity contribution < 1.29 is 13.2 Å². The molecule has 0 amide bonds. The third kappa shape index (κ3) is 2.43. The van der Waals surface area contributed by atoms with Crippen LogP contribution in [0.1, 0.15) is 5.82 Å². The van der Waals surface area contributed by atoms with Crippen molar-refractivity contribution >= 4 is 27.9 Å². The fourth-order valence-corrected chi connectivity index (χ4v) is 3.17. The Labute approximate surface area is 140 Å². The molecule has 0 atom stereocenters. The third-order valence-electron chi connectivity index (χ3n) is 3.25. The lowest BCUT2D eigenvalue weighted by Crippen LogP contribution is -2.11. The fraction of sp³-hybridized carbons (Fsp3) is 0.0769. The SMILES string of the molecule is FC(F)(F)c1nnc2sc(-c3cn[nH]c3-c3ccc(Cl)cc3)nn12. The summed E-state index contributed by atoms with van der Waals surface area (Å²) in [5.41, 5.74) is 1.99. The van der Waals surface area contributed by atoms with Crippen LogP contribution in [-0.4, -0.2) is 30.0 Å². The van der Waals surface area contributed by atoms with Gasteiger partial charge in [-0.15, -0.1) is 10.2 Å². The summed E-state index contributed by atoms with van der Waals surface area (Å²) in [6.07, 6.45) is -3.12. The Bertz CT molecular complexity index is 1020. The van der Waals surface area contributed by atoms with Crippen molar-refractivity contribution in [1.29, 1.82) is 0 Å². The summed E-state index contributed by atoms with van der Waals surface area (Å²) in [6, 6.07) is 6.98. The van der Waals surface area contributed by atoms with E-state index in [0.29, 0.717) is 25.8 Å². The maximum Gasteiger partial charge on any atom is 0.453 e. The topological polar surface area (TPSA) is 71.8 Å². The highest BCUT2D eigenvalue weighted by Crippen LogP contribution is 2.35. The zero-order valence-electron chi connectivity index (χ0n) is 11.5. The van der Waals surface area contributed by atoms with Gasteiger partial charge in [-0.05, 0) is 12.1 Å². The van der Waals surface area contributed by atoms with Crippen LogP contribution in [0.5, 0.6) is 0 Å². The molecule has 0 aliphatic rings. The molecule has 0 radical (unpaired) electrons. The van der Waals surface area contributed by atoms with Gasteiger partial charge in [-0.3, -0.25) is 5.10 Å². The summed E-state index contributed by atoms with van der Waals surface area (Å²) in [6.45, 7) is 0. The van der Waals surface area contributed by atoms with Crippen molar-refractivity contribution in [3.63, 3.8) is 0 Å². The van der Waals surface area contributed by atoms with Crippen molar-refractivity contribution in [3.8, 4) is 21.8 Å². The molecule has 4 aromatic rings. The van der Waals surface area contributed by atoms with Gasteiger partial charge in [-0.25, -0.2) is 0 Å². The van der Waals surface area contributed by atoms with E-state index in [1.165, 1.54) is 6.20 Å². The number of hydrogen-bond donors (Lipinski definition) is 1. The van der Waals surface area contributed by atoms with Gasteiger partial charge >= 0.3 is 6.18 Å². The molecule has 122 valence electrons. The molecule has 0 unspecified atom stereocenters. The van der Waals surface area contributed by atoms with Gasteiger partial charge in [0.1, 0.15) is 0 Å². The predicted octanol–water partition coefficient (Wildman–Crippen LogP) is 3.92. The minimum Gasteiger partial charge on any atom is -0.277 e. The summed E-state index contributed by atoms with van der Waals surface area (Å²) in [5.74, 6) is -1.16. The smallest absolute Gasteiger partial charge is 0.277 e. The average molecular weight is 371 g/mol. The summed E-state index contributed by atoms with van der Waals surface area (Å²) >= 11 is 6.86. The second-order valence-corrected chi connectivity index (χ2v) is 6.18. The molecular weight excluding hydrogens is 365 g/mol. The van der Waals surface area contributed by atoms with Crippen LogP contribution >= 0.6 is 22.9 Å². The number of rotatable bonds is 2. The zero-order valence-corrected chi connectivity index (χ0v) is 13.1. The second-order valence-electron chi connectivity index (χ2n) is 4.79. The number of aromatic nitrogens is 6. The summed E-state index contributed by atoms with van der Waals surface area (Å²) in [5, 5.41) is 18.4.